The summed E-state index contributed by atoms with van der Waals surface area (Å²) in [4.78, 5) is 8.68. The first-order valence-corrected chi connectivity index (χ1v) is 7.18. The van der Waals surface area contributed by atoms with Crippen LogP contribution in [0.5, 0.6) is 0 Å². The number of hydrogen-bond donors (Lipinski definition) is 0. The number of unbranched alkanes of at least 4 members (excludes halogenated alkanes) is 1. The summed E-state index contributed by atoms with van der Waals surface area (Å²) in [5, 5.41) is 0. The van der Waals surface area contributed by atoms with Gasteiger partial charge in [0.15, 0.2) is 0 Å². The van der Waals surface area contributed by atoms with E-state index in [1.165, 1.54) is 29.7 Å². The van der Waals surface area contributed by atoms with Gasteiger partial charge in [0.2, 0.25) is 0 Å². The van der Waals surface area contributed by atoms with E-state index in [2.05, 4.69) is 48.1 Å². The van der Waals surface area contributed by atoms with Crippen LogP contribution in [0.15, 0.2) is 34.3 Å². The number of hydrogen-bond acceptors (Lipinski definition) is 2. The molecule has 19 heavy (non-hydrogen) atoms. The van der Waals surface area contributed by atoms with E-state index in [0.29, 0.717) is 0 Å². The molecule has 0 saturated carbocycles. The molecule has 0 bridgehead atoms. The summed E-state index contributed by atoms with van der Waals surface area (Å²) in [6.07, 6.45) is 5.56. The van der Waals surface area contributed by atoms with Gasteiger partial charge in [0.05, 0.1) is 11.4 Å². The summed E-state index contributed by atoms with van der Waals surface area (Å²) in [5.74, 6) is 0. The molecule has 0 heterocycles. The number of aliphatic imine (C=N–C) groups is 2. The minimum absolute atomic E-state index is 0.973. The van der Waals surface area contributed by atoms with Gasteiger partial charge in [-0.15, -0.1) is 0 Å². The molecule has 0 aromatic heterocycles. The predicted octanol–water partition coefficient (Wildman–Crippen LogP) is 4.26. The highest BCUT2D eigenvalue weighted by Crippen LogP contribution is 2.09. The third-order valence-electron chi connectivity index (χ3n) is 3.46. The van der Waals surface area contributed by atoms with Crippen molar-refractivity contribution in [3.63, 3.8) is 0 Å². The van der Waals surface area contributed by atoms with Crippen molar-refractivity contribution in [1.29, 1.82) is 0 Å². The minimum atomic E-state index is 0.973. The van der Waals surface area contributed by atoms with Crippen LogP contribution in [0.2, 0.25) is 0 Å². The molecule has 1 rings (SSSR count). The summed E-state index contributed by atoms with van der Waals surface area (Å²) >= 11 is 0. The summed E-state index contributed by atoms with van der Waals surface area (Å²) in [6, 6.07) is 8.84. The molecule has 1 aromatic carbocycles. The molecule has 0 fully saturated rings. The Morgan fingerprint density at radius 3 is 2.11 bits per heavy atom. The highest BCUT2D eigenvalue weighted by atomic mass is 14.8. The number of benzene rings is 1. The molecule has 0 N–H and O–H groups in total. The van der Waals surface area contributed by atoms with Crippen molar-refractivity contribution in [3.8, 4) is 0 Å². The van der Waals surface area contributed by atoms with Gasteiger partial charge in [-0.2, -0.15) is 0 Å². The first-order chi connectivity index (χ1) is 9.21. The quantitative estimate of drug-likeness (QED) is 0.516. The first kappa shape index (κ1) is 15.6. The zero-order valence-electron chi connectivity index (χ0n) is 12.7. The Bertz CT molecular complexity index is 427. The van der Waals surface area contributed by atoms with Crippen molar-refractivity contribution in [2.75, 3.05) is 14.1 Å². The standard InChI is InChI=1S/C17H26N2/c1-5-16(18-3)17(19-4)9-7-6-8-15-12-10-14(2)11-13-15/h10-13H,5-9H2,1-4H3. The van der Waals surface area contributed by atoms with Gasteiger partial charge < -0.3 is 0 Å². The van der Waals surface area contributed by atoms with E-state index < -0.39 is 0 Å². The predicted molar refractivity (Wildman–Crippen MR) is 85.7 cm³/mol. The fraction of sp³-hybridized carbons (Fsp3) is 0.529. The summed E-state index contributed by atoms with van der Waals surface area (Å²) in [6.45, 7) is 4.27. The second-order valence-corrected chi connectivity index (χ2v) is 4.89. The van der Waals surface area contributed by atoms with Gasteiger partial charge in [-0.05, 0) is 44.6 Å². The molecular weight excluding hydrogens is 232 g/mol. The average molecular weight is 258 g/mol. The van der Waals surface area contributed by atoms with E-state index in [1.54, 1.807) is 0 Å². The number of rotatable bonds is 7. The Balaban J connectivity index is 2.36. The van der Waals surface area contributed by atoms with Gasteiger partial charge in [0.25, 0.3) is 0 Å². The largest absolute Gasteiger partial charge is 0.291 e. The zero-order valence-corrected chi connectivity index (χ0v) is 12.7. The van der Waals surface area contributed by atoms with E-state index >= 15 is 0 Å². The molecular formula is C17H26N2. The molecule has 0 aliphatic carbocycles. The molecule has 0 radical (unpaired) electrons. The summed E-state index contributed by atoms with van der Waals surface area (Å²) in [5.41, 5.74) is 5.09. The fourth-order valence-electron chi connectivity index (χ4n) is 2.25. The lowest BCUT2D eigenvalue weighted by Crippen LogP contribution is -2.13. The molecule has 0 unspecified atom stereocenters. The van der Waals surface area contributed by atoms with Gasteiger partial charge in [0.1, 0.15) is 0 Å². The van der Waals surface area contributed by atoms with Crippen molar-refractivity contribution in [2.24, 2.45) is 9.98 Å². The molecule has 0 spiro atoms. The molecule has 0 aliphatic heterocycles. The van der Waals surface area contributed by atoms with Crippen LogP contribution in [0.4, 0.5) is 0 Å². The smallest absolute Gasteiger partial charge is 0.0554 e. The maximum Gasteiger partial charge on any atom is 0.0554 e. The van der Waals surface area contributed by atoms with Gasteiger partial charge >= 0.3 is 0 Å². The summed E-state index contributed by atoms with van der Waals surface area (Å²) < 4.78 is 0. The van der Waals surface area contributed by atoms with Crippen LogP contribution < -0.4 is 0 Å². The van der Waals surface area contributed by atoms with Gasteiger partial charge in [-0.3, -0.25) is 9.98 Å². The molecule has 104 valence electrons. The van der Waals surface area contributed by atoms with E-state index in [4.69, 9.17) is 0 Å². The van der Waals surface area contributed by atoms with E-state index in [1.807, 2.05) is 14.1 Å². The molecule has 0 aliphatic rings. The monoisotopic (exact) mass is 258 g/mol. The van der Waals surface area contributed by atoms with Crippen LogP contribution in [0.3, 0.4) is 0 Å². The lowest BCUT2D eigenvalue weighted by atomic mass is 10.0. The highest BCUT2D eigenvalue weighted by molar-refractivity contribution is 6.42. The lowest BCUT2D eigenvalue weighted by molar-refractivity contribution is 0.762. The Labute approximate surface area is 117 Å². The summed E-state index contributed by atoms with van der Waals surface area (Å²) in [7, 11) is 3.73. The fourth-order valence-corrected chi connectivity index (χ4v) is 2.25. The molecule has 2 nitrogen and oxygen atoms in total. The Morgan fingerprint density at radius 1 is 0.947 bits per heavy atom. The topological polar surface area (TPSA) is 24.7 Å². The molecule has 2 heteroatoms. The van der Waals surface area contributed by atoms with Crippen LogP contribution in [0, 0.1) is 6.92 Å². The van der Waals surface area contributed by atoms with Gasteiger partial charge in [-0.1, -0.05) is 36.8 Å². The highest BCUT2D eigenvalue weighted by Gasteiger charge is 2.05. The average Bonchev–Trinajstić information content (AvgIpc) is 2.44. The third-order valence-corrected chi connectivity index (χ3v) is 3.46. The zero-order chi connectivity index (χ0) is 14.1. The first-order valence-electron chi connectivity index (χ1n) is 7.18. The second-order valence-electron chi connectivity index (χ2n) is 4.89. The third kappa shape index (κ3) is 5.37. The Kier molecular flexibility index (Phi) is 7.09. The van der Waals surface area contributed by atoms with Crippen LogP contribution in [-0.4, -0.2) is 25.5 Å². The molecule has 1 aromatic rings. The van der Waals surface area contributed by atoms with E-state index in [9.17, 15) is 0 Å². The Hall–Kier alpha value is -1.44. The van der Waals surface area contributed by atoms with Gasteiger partial charge in [0, 0.05) is 14.1 Å². The van der Waals surface area contributed by atoms with Crippen molar-refractivity contribution in [1.82, 2.24) is 0 Å². The van der Waals surface area contributed by atoms with Crippen molar-refractivity contribution in [3.05, 3.63) is 35.4 Å². The van der Waals surface area contributed by atoms with Crippen molar-refractivity contribution in [2.45, 2.75) is 46.0 Å². The minimum Gasteiger partial charge on any atom is -0.291 e. The number of nitrogens with zero attached hydrogens (tertiary/aromatic N) is 2. The van der Waals surface area contributed by atoms with Crippen molar-refractivity contribution < 1.29 is 0 Å². The Morgan fingerprint density at radius 2 is 1.58 bits per heavy atom. The maximum atomic E-state index is 4.37. The SMILES string of the molecule is CCC(=NC)C(CCCCc1ccc(C)cc1)=NC. The van der Waals surface area contributed by atoms with Crippen LogP contribution in [-0.2, 0) is 6.42 Å². The molecule has 0 amide bonds. The van der Waals surface area contributed by atoms with Crippen molar-refractivity contribution >= 4 is 11.4 Å². The normalized spacial score (nSPS) is 12.8. The lowest BCUT2D eigenvalue weighted by Gasteiger charge is -2.07. The van der Waals surface area contributed by atoms with Crippen LogP contribution in [0.1, 0.15) is 43.7 Å². The number of aryl methyl sites for hydroxylation is 2. The molecule has 0 atom stereocenters. The van der Waals surface area contributed by atoms with Gasteiger partial charge in [-0.25, -0.2) is 0 Å². The van der Waals surface area contributed by atoms with Crippen LogP contribution >= 0.6 is 0 Å². The van der Waals surface area contributed by atoms with E-state index in [-0.39, 0.29) is 0 Å². The second kappa shape index (κ2) is 8.63. The molecule has 0 saturated heterocycles. The maximum absolute atomic E-state index is 4.37. The van der Waals surface area contributed by atoms with E-state index in [0.717, 1.165) is 25.0 Å². The van der Waals surface area contributed by atoms with Crippen LogP contribution in [0.25, 0.3) is 0 Å².